The van der Waals surface area contributed by atoms with Crippen LogP contribution in [0.2, 0.25) is 0 Å². The fourth-order valence-electron chi connectivity index (χ4n) is 4.45. The van der Waals surface area contributed by atoms with Gasteiger partial charge < -0.3 is 0 Å². The van der Waals surface area contributed by atoms with Gasteiger partial charge in [0.1, 0.15) is 0 Å². The summed E-state index contributed by atoms with van der Waals surface area (Å²) in [5.41, 5.74) is -2.21. The maximum Gasteiger partial charge on any atom is 0.416 e. The van der Waals surface area contributed by atoms with Crippen LogP contribution < -0.4 is 9.86 Å². The first-order chi connectivity index (χ1) is 18.2. The average molecular weight is 565 g/mol. The Balaban J connectivity index is 1.68. The van der Waals surface area contributed by atoms with Crippen molar-refractivity contribution in [2.24, 2.45) is 0 Å². The summed E-state index contributed by atoms with van der Waals surface area (Å²) < 4.78 is 97.7. The highest BCUT2D eigenvalue weighted by molar-refractivity contribution is 7.92. The Labute approximate surface area is 219 Å². The lowest BCUT2D eigenvalue weighted by Crippen LogP contribution is -2.34. The number of anilines is 1. The van der Waals surface area contributed by atoms with Gasteiger partial charge in [0.05, 0.1) is 21.8 Å². The van der Waals surface area contributed by atoms with Gasteiger partial charge in [0.15, 0.2) is 5.82 Å². The van der Waals surface area contributed by atoms with E-state index in [2.05, 4.69) is 10.1 Å². The molecule has 0 aliphatic carbocycles. The summed E-state index contributed by atoms with van der Waals surface area (Å²) in [5, 5.41) is 2.72. The number of nitrogens with one attached hydrogen (secondary N) is 1. The van der Waals surface area contributed by atoms with Gasteiger partial charge in [-0.2, -0.15) is 13.2 Å². The summed E-state index contributed by atoms with van der Waals surface area (Å²) in [6.45, 7) is 2.08. The third kappa shape index (κ3) is 4.71. The lowest BCUT2D eigenvalue weighted by Gasteiger charge is -2.23. The molecule has 4 aromatic rings. The van der Waals surface area contributed by atoms with Crippen molar-refractivity contribution in [2.75, 3.05) is 10.8 Å². The molecule has 3 heterocycles. The summed E-state index contributed by atoms with van der Waals surface area (Å²) in [6.07, 6.45) is -3.68. The number of halogens is 5. The quantitative estimate of drug-likeness (QED) is 0.336. The number of rotatable bonds is 4. The SMILES string of the molecule is Cc1ccc(S(=O)(=O)N2CCc3c([nH]n(-c4cc(C(C)(F)F)cc(C(F)(F)F)c4)c3=O)-c3cccnc32)cc1. The summed E-state index contributed by atoms with van der Waals surface area (Å²) in [6, 6.07) is 11.0. The van der Waals surface area contributed by atoms with Crippen LogP contribution in [0.3, 0.4) is 0 Å². The van der Waals surface area contributed by atoms with Gasteiger partial charge >= 0.3 is 6.18 Å². The van der Waals surface area contributed by atoms with E-state index in [4.69, 9.17) is 0 Å². The second kappa shape index (κ2) is 9.04. The largest absolute Gasteiger partial charge is 0.416 e. The fourth-order valence-corrected chi connectivity index (χ4v) is 5.89. The molecule has 1 aliphatic heterocycles. The molecule has 13 heteroatoms. The van der Waals surface area contributed by atoms with E-state index in [1.807, 2.05) is 6.92 Å². The lowest BCUT2D eigenvalue weighted by molar-refractivity contribution is -0.137. The predicted octanol–water partition coefficient (Wildman–Crippen LogP) is 5.42. The van der Waals surface area contributed by atoms with Crippen molar-refractivity contribution in [3.05, 3.63) is 93.4 Å². The minimum atomic E-state index is -4.94. The van der Waals surface area contributed by atoms with Gasteiger partial charge in [-0.3, -0.25) is 9.89 Å². The van der Waals surface area contributed by atoms with Crippen LogP contribution in [0.1, 0.15) is 29.2 Å². The van der Waals surface area contributed by atoms with Crippen LogP contribution in [0, 0.1) is 6.92 Å². The minimum Gasteiger partial charge on any atom is -0.290 e. The number of nitrogens with zero attached hydrogens (tertiary/aromatic N) is 3. The van der Waals surface area contributed by atoms with Crippen molar-refractivity contribution in [3.8, 4) is 16.9 Å². The molecular formula is C26H21F5N4O3S. The fraction of sp³-hybridized carbons (Fsp3) is 0.231. The highest BCUT2D eigenvalue weighted by Gasteiger charge is 2.36. The van der Waals surface area contributed by atoms with Gasteiger partial charge in [0, 0.05) is 36.4 Å². The van der Waals surface area contributed by atoms with Crippen molar-refractivity contribution >= 4 is 15.8 Å². The smallest absolute Gasteiger partial charge is 0.290 e. The zero-order chi connectivity index (χ0) is 28.3. The Kier molecular flexibility index (Phi) is 6.17. The highest BCUT2D eigenvalue weighted by atomic mass is 32.2. The van der Waals surface area contributed by atoms with Crippen LogP contribution in [-0.4, -0.2) is 29.7 Å². The number of sulfonamides is 1. The molecule has 0 radical (unpaired) electrons. The van der Waals surface area contributed by atoms with E-state index < -0.39 is 44.5 Å². The predicted molar refractivity (Wildman–Crippen MR) is 134 cm³/mol. The first-order valence-electron chi connectivity index (χ1n) is 11.7. The topological polar surface area (TPSA) is 88.1 Å². The third-order valence-electron chi connectivity index (χ3n) is 6.46. The Morgan fingerprint density at radius 3 is 2.28 bits per heavy atom. The first-order valence-corrected chi connectivity index (χ1v) is 13.1. The monoisotopic (exact) mass is 564 g/mol. The number of hydrogen-bond acceptors (Lipinski definition) is 4. The number of fused-ring (bicyclic) bond motifs is 3. The molecule has 1 aliphatic rings. The average Bonchev–Trinajstić information content (AvgIpc) is 3.09. The molecule has 39 heavy (non-hydrogen) atoms. The molecule has 5 rings (SSSR count). The molecule has 2 aromatic heterocycles. The summed E-state index contributed by atoms with van der Waals surface area (Å²) in [5.74, 6) is -3.60. The Bertz CT molecular complexity index is 1700. The van der Waals surface area contributed by atoms with E-state index in [0.29, 0.717) is 19.1 Å². The van der Waals surface area contributed by atoms with Gasteiger partial charge in [0.2, 0.25) is 0 Å². The van der Waals surface area contributed by atoms with Crippen molar-refractivity contribution in [3.63, 3.8) is 0 Å². The summed E-state index contributed by atoms with van der Waals surface area (Å²) >= 11 is 0. The summed E-state index contributed by atoms with van der Waals surface area (Å²) in [7, 11) is -4.09. The summed E-state index contributed by atoms with van der Waals surface area (Å²) in [4.78, 5) is 17.7. The molecule has 0 unspecified atom stereocenters. The first kappa shape index (κ1) is 26.6. The molecule has 1 N–H and O–H groups in total. The number of hydrogen-bond donors (Lipinski definition) is 1. The number of aromatic amines is 1. The molecule has 204 valence electrons. The standard InChI is InChI=1S/C26H21F5N4O3S/c1-15-5-7-19(8-6-15)39(37,38)34-11-9-21-22(20-4-3-10-32-23(20)34)33-35(24(21)36)18-13-16(25(2,27)28)12-17(14-18)26(29,30)31/h3-8,10,12-14,33H,9,11H2,1-2H3. The van der Waals surface area contributed by atoms with Crippen LogP contribution in [-0.2, 0) is 28.5 Å². The molecule has 7 nitrogen and oxygen atoms in total. The van der Waals surface area contributed by atoms with E-state index in [-0.39, 0.29) is 40.5 Å². The highest BCUT2D eigenvalue weighted by Crippen LogP contribution is 2.38. The lowest BCUT2D eigenvalue weighted by atomic mass is 10.0. The number of aromatic nitrogens is 3. The molecule has 0 saturated carbocycles. The van der Waals surface area contributed by atoms with Crippen LogP contribution >= 0.6 is 0 Å². The normalized spacial score (nSPS) is 14.1. The number of pyridine rings is 1. The Hall–Kier alpha value is -4.00. The Morgan fingerprint density at radius 2 is 1.64 bits per heavy atom. The van der Waals surface area contributed by atoms with Crippen molar-refractivity contribution in [2.45, 2.75) is 37.3 Å². The van der Waals surface area contributed by atoms with Gasteiger partial charge in [-0.1, -0.05) is 17.7 Å². The van der Waals surface area contributed by atoms with Gasteiger partial charge in [-0.25, -0.2) is 31.2 Å². The number of aryl methyl sites for hydroxylation is 1. The molecule has 0 spiro atoms. The van der Waals surface area contributed by atoms with E-state index in [9.17, 15) is 35.2 Å². The number of benzene rings is 2. The zero-order valence-electron chi connectivity index (χ0n) is 20.6. The van der Waals surface area contributed by atoms with E-state index >= 15 is 0 Å². The number of H-pyrrole nitrogens is 1. The van der Waals surface area contributed by atoms with Crippen LogP contribution in [0.4, 0.5) is 27.8 Å². The second-order valence-corrected chi connectivity index (χ2v) is 11.1. The maximum absolute atomic E-state index is 14.1. The van der Waals surface area contributed by atoms with Crippen molar-refractivity contribution < 1.29 is 30.4 Å². The zero-order valence-corrected chi connectivity index (χ0v) is 21.4. The maximum atomic E-state index is 14.1. The minimum absolute atomic E-state index is 0.00930. The molecule has 0 fully saturated rings. The van der Waals surface area contributed by atoms with Gasteiger partial charge in [-0.05, 0) is 55.8 Å². The molecule has 0 amide bonds. The van der Waals surface area contributed by atoms with Crippen molar-refractivity contribution in [1.29, 1.82) is 0 Å². The molecule has 0 atom stereocenters. The second-order valence-electron chi connectivity index (χ2n) is 9.28. The van der Waals surface area contributed by atoms with Crippen LogP contribution in [0.15, 0.2) is 70.5 Å². The van der Waals surface area contributed by atoms with Crippen LogP contribution in [0.5, 0.6) is 0 Å². The molecule has 0 bridgehead atoms. The van der Waals surface area contributed by atoms with Gasteiger partial charge in [0.25, 0.3) is 21.5 Å². The van der Waals surface area contributed by atoms with Gasteiger partial charge in [-0.15, -0.1) is 0 Å². The van der Waals surface area contributed by atoms with E-state index in [1.54, 1.807) is 12.1 Å². The van der Waals surface area contributed by atoms with Crippen LogP contribution in [0.25, 0.3) is 16.9 Å². The third-order valence-corrected chi connectivity index (χ3v) is 8.27. The molecule has 0 saturated heterocycles. The van der Waals surface area contributed by atoms with E-state index in [0.717, 1.165) is 20.6 Å². The van der Waals surface area contributed by atoms with E-state index in [1.165, 1.54) is 30.5 Å². The van der Waals surface area contributed by atoms with Crippen molar-refractivity contribution in [1.82, 2.24) is 14.8 Å². The number of alkyl halides is 5. The molecule has 2 aromatic carbocycles. The Morgan fingerprint density at radius 1 is 0.974 bits per heavy atom. The molecular weight excluding hydrogens is 543 g/mol.